The first-order valence-corrected chi connectivity index (χ1v) is 5.01. The maximum atomic E-state index is 10.8. The van der Waals surface area contributed by atoms with E-state index in [1.807, 2.05) is 27.7 Å². The van der Waals surface area contributed by atoms with E-state index in [1.165, 1.54) is 0 Å². The van der Waals surface area contributed by atoms with Crippen LogP contribution < -0.4 is 0 Å². The van der Waals surface area contributed by atoms with Crippen LogP contribution in [-0.2, 0) is 0 Å². The van der Waals surface area contributed by atoms with E-state index >= 15 is 0 Å². The van der Waals surface area contributed by atoms with E-state index in [4.69, 9.17) is 0 Å². The van der Waals surface area contributed by atoms with E-state index in [0.717, 1.165) is 38.6 Å². The number of hydrogen-bond donors (Lipinski definition) is 0. The number of halogens is 1. The molecule has 0 heterocycles. The van der Waals surface area contributed by atoms with Gasteiger partial charge in [-0.3, -0.25) is 4.79 Å². The van der Waals surface area contributed by atoms with Crippen molar-refractivity contribution in [2.24, 2.45) is 0 Å². The number of carbonyl (C=O) groups excluding carboxylic acids is 1. The average Bonchev–Trinajstić information content (AvgIpc) is 2.13. The highest BCUT2D eigenvalue weighted by Gasteiger charge is 2.11. The number of benzene rings is 1. The summed E-state index contributed by atoms with van der Waals surface area (Å²) in [6.45, 7) is 8.02. The minimum atomic E-state index is 0.832. The Bertz CT molecular complexity index is 338. The van der Waals surface area contributed by atoms with Crippen LogP contribution in [0.2, 0.25) is 0 Å². The molecule has 0 bridgehead atoms. The first-order valence-electron chi connectivity index (χ1n) is 4.21. The van der Waals surface area contributed by atoms with Crippen molar-refractivity contribution in [3.63, 3.8) is 0 Å². The normalized spacial score (nSPS) is 10.2. The summed E-state index contributed by atoms with van der Waals surface area (Å²) < 4.78 is 1.12. The molecule has 0 radical (unpaired) electrons. The molecule has 0 unspecified atom stereocenters. The van der Waals surface area contributed by atoms with E-state index in [-0.39, 0.29) is 0 Å². The summed E-state index contributed by atoms with van der Waals surface area (Å²) >= 11 is 3.53. The summed E-state index contributed by atoms with van der Waals surface area (Å²) in [5.74, 6) is 0. The zero-order valence-corrected chi connectivity index (χ0v) is 9.95. The number of hydrogen-bond acceptors (Lipinski definition) is 1. The van der Waals surface area contributed by atoms with Crippen molar-refractivity contribution in [2.45, 2.75) is 27.7 Å². The van der Waals surface area contributed by atoms with Gasteiger partial charge in [0.15, 0.2) is 6.29 Å². The van der Waals surface area contributed by atoms with Crippen molar-refractivity contribution in [2.75, 3.05) is 0 Å². The second-order valence-corrected chi connectivity index (χ2v) is 4.14. The third kappa shape index (κ3) is 1.55. The van der Waals surface area contributed by atoms with Crippen LogP contribution in [0.3, 0.4) is 0 Å². The van der Waals surface area contributed by atoms with Crippen LogP contribution in [0, 0.1) is 27.7 Å². The Hall–Kier alpha value is -0.630. The molecule has 0 fully saturated rings. The van der Waals surface area contributed by atoms with Crippen molar-refractivity contribution in [1.29, 1.82) is 0 Å². The van der Waals surface area contributed by atoms with Gasteiger partial charge in [-0.15, -0.1) is 0 Å². The lowest BCUT2D eigenvalue weighted by Crippen LogP contribution is -1.99. The van der Waals surface area contributed by atoms with E-state index in [9.17, 15) is 4.79 Å². The first kappa shape index (κ1) is 10.5. The van der Waals surface area contributed by atoms with E-state index in [2.05, 4.69) is 15.9 Å². The Morgan fingerprint density at radius 1 is 0.923 bits per heavy atom. The molecule has 1 aromatic carbocycles. The highest BCUT2D eigenvalue weighted by Crippen LogP contribution is 2.29. The molecule has 1 nitrogen and oxygen atoms in total. The van der Waals surface area contributed by atoms with Crippen molar-refractivity contribution >= 4 is 22.2 Å². The van der Waals surface area contributed by atoms with Crippen LogP contribution in [0.4, 0.5) is 0 Å². The first-order chi connectivity index (χ1) is 6.00. The van der Waals surface area contributed by atoms with Crippen LogP contribution in [0.5, 0.6) is 0 Å². The van der Waals surface area contributed by atoms with Crippen molar-refractivity contribution in [1.82, 2.24) is 0 Å². The monoisotopic (exact) mass is 240 g/mol. The van der Waals surface area contributed by atoms with Gasteiger partial charge in [0.25, 0.3) is 0 Å². The van der Waals surface area contributed by atoms with Gasteiger partial charge in [-0.2, -0.15) is 0 Å². The summed E-state index contributed by atoms with van der Waals surface area (Å²) in [4.78, 5) is 10.8. The van der Waals surface area contributed by atoms with Gasteiger partial charge in [0.1, 0.15) is 0 Å². The van der Waals surface area contributed by atoms with E-state index < -0.39 is 0 Å². The fourth-order valence-corrected chi connectivity index (χ4v) is 2.07. The molecule has 0 amide bonds. The van der Waals surface area contributed by atoms with Crippen molar-refractivity contribution in [3.05, 3.63) is 32.3 Å². The molecule has 0 atom stereocenters. The van der Waals surface area contributed by atoms with Crippen LogP contribution in [0.15, 0.2) is 4.47 Å². The van der Waals surface area contributed by atoms with Gasteiger partial charge in [-0.1, -0.05) is 15.9 Å². The molecule has 1 aromatic rings. The largest absolute Gasteiger partial charge is 0.298 e. The Morgan fingerprint density at radius 3 is 1.62 bits per heavy atom. The van der Waals surface area contributed by atoms with Gasteiger partial charge < -0.3 is 0 Å². The Morgan fingerprint density at radius 2 is 1.31 bits per heavy atom. The molecule has 13 heavy (non-hydrogen) atoms. The van der Waals surface area contributed by atoms with Crippen molar-refractivity contribution in [3.8, 4) is 0 Å². The third-order valence-electron chi connectivity index (χ3n) is 2.71. The highest BCUT2D eigenvalue weighted by molar-refractivity contribution is 9.10. The molecule has 0 N–H and O–H groups in total. The molecule has 0 saturated carbocycles. The molecule has 0 aliphatic carbocycles. The zero-order valence-electron chi connectivity index (χ0n) is 8.36. The van der Waals surface area contributed by atoms with Crippen LogP contribution >= 0.6 is 15.9 Å². The number of rotatable bonds is 1. The molecular weight excluding hydrogens is 228 g/mol. The molecule has 0 aromatic heterocycles. The van der Waals surface area contributed by atoms with Gasteiger partial charge in [0.05, 0.1) is 0 Å². The van der Waals surface area contributed by atoms with Gasteiger partial charge in [-0.05, 0) is 49.9 Å². The second kappa shape index (κ2) is 3.62. The summed E-state index contributed by atoms with van der Waals surface area (Å²) in [7, 11) is 0. The smallest absolute Gasteiger partial charge is 0.150 e. The molecule has 0 spiro atoms. The summed E-state index contributed by atoms with van der Waals surface area (Å²) in [6, 6.07) is 0. The maximum absolute atomic E-state index is 10.8. The number of carbonyl (C=O) groups is 1. The highest BCUT2D eigenvalue weighted by atomic mass is 79.9. The third-order valence-corrected chi connectivity index (χ3v) is 3.90. The van der Waals surface area contributed by atoms with Gasteiger partial charge in [0, 0.05) is 10.0 Å². The summed E-state index contributed by atoms with van der Waals surface area (Å²) in [6.07, 6.45) is 0.942. The van der Waals surface area contributed by atoms with Gasteiger partial charge >= 0.3 is 0 Å². The van der Waals surface area contributed by atoms with Crippen LogP contribution in [0.1, 0.15) is 32.6 Å². The predicted molar refractivity (Wildman–Crippen MR) is 58.5 cm³/mol. The molecule has 1 rings (SSSR count). The van der Waals surface area contributed by atoms with Gasteiger partial charge in [0.2, 0.25) is 0 Å². The average molecular weight is 241 g/mol. The molecule has 0 saturated heterocycles. The van der Waals surface area contributed by atoms with Crippen molar-refractivity contribution < 1.29 is 4.79 Å². The van der Waals surface area contributed by atoms with E-state index in [0.29, 0.717) is 0 Å². The fourth-order valence-electron chi connectivity index (χ4n) is 1.47. The standard InChI is InChI=1S/C11H13BrO/c1-6-8(3)11(12)9(4)7(2)10(6)5-13/h5H,1-4H3. The lowest BCUT2D eigenvalue weighted by Gasteiger charge is -2.13. The fraction of sp³-hybridized carbons (Fsp3) is 0.364. The zero-order chi connectivity index (χ0) is 10.2. The predicted octanol–water partition coefficient (Wildman–Crippen LogP) is 3.50. The quantitative estimate of drug-likeness (QED) is 0.688. The minimum Gasteiger partial charge on any atom is -0.298 e. The van der Waals surface area contributed by atoms with Crippen LogP contribution in [-0.4, -0.2) is 6.29 Å². The van der Waals surface area contributed by atoms with Gasteiger partial charge in [-0.25, -0.2) is 0 Å². The summed E-state index contributed by atoms with van der Waals surface area (Å²) in [5, 5.41) is 0. The lowest BCUT2D eigenvalue weighted by atomic mass is 9.95. The maximum Gasteiger partial charge on any atom is 0.150 e. The lowest BCUT2D eigenvalue weighted by molar-refractivity contribution is 0.112. The molecule has 0 aliphatic rings. The summed E-state index contributed by atoms with van der Waals surface area (Å²) in [5.41, 5.74) is 5.29. The number of aldehydes is 1. The SMILES string of the molecule is Cc1c(C)c(C=O)c(C)c(C)c1Br. The molecular formula is C11H13BrO. The second-order valence-electron chi connectivity index (χ2n) is 3.35. The molecule has 0 aliphatic heterocycles. The van der Waals surface area contributed by atoms with Crippen LogP contribution in [0.25, 0.3) is 0 Å². The molecule has 70 valence electrons. The Kier molecular flexibility index (Phi) is 2.91. The minimum absolute atomic E-state index is 0.832. The topological polar surface area (TPSA) is 17.1 Å². The Labute approximate surface area is 87.3 Å². The Balaban J connectivity index is 3.66. The van der Waals surface area contributed by atoms with E-state index in [1.54, 1.807) is 0 Å². The molecule has 2 heteroatoms.